The van der Waals surface area contributed by atoms with Crippen LogP contribution in [0.5, 0.6) is 5.75 Å². The second-order valence-corrected chi connectivity index (χ2v) is 6.96. The van der Waals surface area contributed by atoms with Crippen LogP contribution in [0.1, 0.15) is 17.4 Å². The smallest absolute Gasteiger partial charge is 0.233 e. The molecule has 1 heterocycles. The number of para-hydroxylation sites is 1. The third-order valence-corrected chi connectivity index (χ3v) is 5.07. The second kappa shape index (κ2) is 8.94. The monoisotopic (exact) mass is 351 g/mol. The van der Waals surface area contributed by atoms with Crippen molar-refractivity contribution in [1.29, 1.82) is 0 Å². The van der Waals surface area contributed by atoms with Crippen LogP contribution in [0.2, 0.25) is 0 Å². The Balaban J connectivity index is 1.95. The number of benzene rings is 1. The molecular formula is C17H25N3O3S. The lowest BCUT2D eigenvalue weighted by molar-refractivity contribution is -0.129. The molecule has 132 valence electrons. The quantitative estimate of drug-likeness (QED) is 0.766. The first-order valence-corrected chi connectivity index (χ1v) is 9.03. The minimum Gasteiger partial charge on any atom is -0.496 e. The summed E-state index contributed by atoms with van der Waals surface area (Å²) >= 11 is 1.57. The normalized spacial score (nSPS) is 17.4. The van der Waals surface area contributed by atoms with E-state index in [1.165, 1.54) is 0 Å². The van der Waals surface area contributed by atoms with E-state index in [1.54, 1.807) is 23.8 Å². The predicted molar refractivity (Wildman–Crippen MR) is 96.1 cm³/mol. The number of likely N-dealkylation sites (N-methyl/N-ethyl adjacent to an activating group) is 1. The Morgan fingerprint density at radius 3 is 2.88 bits per heavy atom. The molecule has 24 heavy (non-hydrogen) atoms. The van der Waals surface area contributed by atoms with E-state index in [0.717, 1.165) is 17.9 Å². The summed E-state index contributed by atoms with van der Waals surface area (Å²) in [6, 6.07) is 7.71. The van der Waals surface area contributed by atoms with E-state index in [0.29, 0.717) is 25.3 Å². The maximum absolute atomic E-state index is 12.2. The van der Waals surface area contributed by atoms with E-state index in [-0.39, 0.29) is 17.2 Å². The first-order chi connectivity index (χ1) is 11.5. The van der Waals surface area contributed by atoms with Gasteiger partial charge in [0, 0.05) is 31.6 Å². The molecule has 1 N–H and O–H groups in total. The van der Waals surface area contributed by atoms with Crippen LogP contribution in [0.4, 0.5) is 0 Å². The molecule has 1 aliphatic heterocycles. The Kier molecular flexibility index (Phi) is 6.93. The Hall–Kier alpha value is -1.73. The number of methoxy groups -OCH3 is 1. The van der Waals surface area contributed by atoms with Gasteiger partial charge in [0.25, 0.3) is 0 Å². The molecule has 0 spiro atoms. The molecule has 0 saturated carbocycles. The summed E-state index contributed by atoms with van der Waals surface area (Å²) < 4.78 is 5.41. The van der Waals surface area contributed by atoms with Gasteiger partial charge < -0.3 is 19.9 Å². The van der Waals surface area contributed by atoms with E-state index in [2.05, 4.69) is 5.32 Å². The molecule has 1 aromatic carbocycles. The van der Waals surface area contributed by atoms with Gasteiger partial charge >= 0.3 is 0 Å². The third-order valence-electron chi connectivity index (χ3n) is 3.83. The Morgan fingerprint density at radius 1 is 1.42 bits per heavy atom. The predicted octanol–water partition coefficient (Wildman–Crippen LogP) is 1.34. The van der Waals surface area contributed by atoms with Gasteiger partial charge in [-0.1, -0.05) is 18.2 Å². The molecule has 1 fully saturated rings. The van der Waals surface area contributed by atoms with Gasteiger partial charge in [-0.15, -0.1) is 11.8 Å². The molecule has 1 saturated heterocycles. The first-order valence-electron chi connectivity index (χ1n) is 7.98. The SMILES string of the molecule is COc1ccccc1[C@@H]1SCC(=O)N1CCC(=O)NCCN(C)C. The van der Waals surface area contributed by atoms with Crippen molar-refractivity contribution in [3.8, 4) is 5.75 Å². The first kappa shape index (κ1) is 18.6. The topological polar surface area (TPSA) is 61.9 Å². The maximum atomic E-state index is 12.2. The molecule has 1 aliphatic rings. The zero-order chi connectivity index (χ0) is 17.5. The highest BCUT2D eigenvalue weighted by Crippen LogP contribution is 2.42. The fourth-order valence-corrected chi connectivity index (χ4v) is 3.80. The van der Waals surface area contributed by atoms with E-state index in [4.69, 9.17) is 4.74 Å². The summed E-state index contributed by atoms with van der Waals surface area (Å²) in [5, 5.41) is 2.79. The molecular weight excluding hydrogens is 326 g/mol. The van der Waals surface area contributed by atoms with Crippen molar-refractivity contribution >= 4 is 23.6 Å². The van der Waals surface area contributed by atoms with E-state index in [1.807, 2.05) is 43.3 Å². The molecule has 0 bridgehead atoms. The van der Waals surface area contributed by atoms with Gasteiger partial charge in [0.1, 0.15) is 11.1 Å². The van der Waals surface area contributed by atoms with Crippen LogP contribution in [-0.4, -0.2) is 68.2 Å². The number of rotatable bonds is 8. The minimum atomic E-state index is -0.0942. The van der Waals surface area contributed by atoms with Gasteiger partial charge in [-0.2, -0.15) is 0 Å². The number of ether oxygens (including phenoxy) is 1. The minimum absolute atomic E-state index is 0.0275. The Morgan fingerprint density at radius 2 is 2.17 bits per heavy atom. The van der Waals surface area contributed by atoms with Gasteiger partial charge in [0.15, 0.2) is 0 Å². The fourth-order valence-electron chi connectivity index (χ4n) is 2.55. The summed E-state index contributed by atoms with van der Waals surface area (Å²) in [7, 11) is 5.55. The van der Waals surface area contributed by atoms with Gasteiger partial charge in [0.05, 0.1) is 12.9 Å². The molecule has 1 aromatic rings. The van der Waals surface area contributed by atoms with Crippen LogP contribution in [-0.2, 0) is 9.59 Å². The second-order valence-electron chi connectivity index (χ2n) is 5.90. The highest BCUT2D eigenvalue weighted by Gasteiger charge is 2.34. The largest absolute Gasteiger partial charge is 0.496 e. The molecule has 0 aromatic heterocycles. The summed E-state index contributed by atoms with van der Waals surface area (Å²) in [5.74, 6) is 1.24. The zero-order valence-electron chi connectivity index (χ0n) is 14.4. The maximum Gasteiger partial charge on any atom is 0.233 e. The summed E-state index contributed by atoms with van der Waals surface area (Å²) in [5.41, 5.74) is 0.976. The highest BCUT2D eigenvalue weighted by molar-refractivity contribution is 8.00. The number of hydrogen-bond acceptors (Lipinski definition) is 5. The zero-order valence-corrected chi connectivity index (χ0v) is 15.3. The standard InChI is InChI=1S/C17H25N3O3S/c1-19(2)11-9-18-15(21)8-10-20-16(22)12-24-17(20)13-6-4-5-7-14(13)23-3/h4-7,17H,8-12H2,1-3H3,(H,18,21)/t17-/m0/s1. The van der Waals surface area contributed by atoms with Crippen LogP contribution >= 0.6 is 11.8 Å². The van der Waals surface area contributed by atoms with Crippen molar-refractivity contribution in [2.24, 2.45) is 0 Å². The van der Waals surface area contributed by atoms with Crippen LogP contribution in [0.25, 0.3) is 0 Å². The lowest BCUT2D eigenvalue weighted by Gasteiger charge is -2.25. The molecule has 0 unspecified atom stereocenters. The molecule has 2 amide bonds. The van der Waals surface area contributed by atoms with Crippen LogP contribution in [0.15, 0.2) is 24.3 Å². The van der Waals surface area contributed by atoms with Crippen molar-refractivity contribution in [2.75, 3.05) is 46.6 Å². The number of hydrogen-bond donors (Lipinski definition) is 1. The lowest BCUT2D eigenvalue weighted by atomic mass is 10.1. The molecule has 2 rings (SSSR count). The Bertz CT molecular complexity index is 580. The summed E-state index contributed by atoms with van der Waals surface area (Å²) in [6.07, 6.45) is 0.311. The van der Waals surface area contributed by atoms with E-state index < -0.39 is 0 Å². The third kappa shape index (κ3) is 4.88. The van der Waals surface area contributed by atoms with Crippen molar-refractivity contribution in [3.05, 3.63) is 29.8 Å². The van der Waals surface area contributed by atoms with Crippen LogP contribution < -0.4 is 10.1 Å². The number of carbonyl (C=O) groups excluding carboxylic acids is 2. The number of carbonyl (C=O) groups is 2. The van der Waals surface area contributed by atoms with Gasteiger partial charge in [-0.25, -0.2) is 0 Å². The van der Waals surface area contributed by atoms with Gasteiger partial charge in [-0.05, 0) is 20.2 Å². The highest BCUT2D eigenvalue weighted by atomic mass is 32.2. The fraction of sp³-hybridized carbons (Fsp3) is 0.529. The molecule has 0 aliphatic carbocycles. The number of nitrogens with one attached hydrogen (secondary N) is 1. The molecule has 0 radical (unpaired) electrons. The molecule has 7 heteroatoms. The van der Waals surface area contributed by atoms with Crippen LogP contribution in [0.3, 0.4) is 0 Å². The lowest BCUT2D eigenvalue weighted by Crippen LogP contribution is -2.35. The number of thioether (sulfide) groups is 1. The average Bonchev–Trinajstić information content (AvgIpc) is 2.93. The molecule has 6 nitrogen and oxygen atoms in total. The summed E-state index contributed by atoms with van der Waals surface area (Å²) in [4.78, 5) is 27.9. The average molecular weight is 351 g/mol. The summed E-state index contributed by atoms with van der Waals surface area (Å²) in [6.45, 7) is 1.83. The van der Waals surface area contributed by atoms with E-state index >= 15 is 0 Å². The van der Waals surface area contributed by atoms with Gasteiger partial charge in [-0.3, -0.25) is 9.59 Å². The van der Waals surface area contributed by atoms with Crippen molar-refractivity contribution in [3.63, 3.8) is 0 Å². The van der Waals surface area contributed by atoms with Crippen molar-refractivity contribution in [2.45, 2.75) is 11.8 Å². The van der Waals surface area contributed by atoms with Gasteiger partial charge in [0.2, 0.25) is 11.8 Å². The van der Waals surface area contributed by atoms with Crippen molar-refractivity contribution in [1.82, 2.24) is 15.1 Å². The molecule has 1 atom stereocenters. The van der Waals surface area contributed by atoms with Crippen molar-refractivity contribution < 1.29 is 14.3 Å². The number of amides is 2. The Labute approximate surface area is 147 Å². The van der Waals surface area contributed by atoms with E-state index in [9.17, 15) is 9.59 Å². The van der Waals surface area contributed by atoms with Crippen LogP contribution in [0, 0.1) is 0 Å². The number of nitrogens with zero attached hydrogens (tertiary/aromatic N) is 2.